The zero-order valence-electron chi connectivity index (χ0n) is 15.5. The van der Waals surface area contributed by atoms with Crippen LogP contribution in [-0.4, -0.2) is 28.8 Å². The molecular weight excluding hydrogens is 345 g/mol. The summed E-state index contributed by atoms with van der Waals surface area (Å²) < 4.78 is 43.8. The monoisotopic (exact) mass is 368 g/mol. The van der Waals surface area contributed by atoms with Gasteiger partial charge in [0.05, 0.1) is 5.56 Å². The molecule has 1 aromatic heterocycles. The Labute approximate surface area is 151 Å². The van der Waals surface area contributed by atoms with E-state index >= 15 is 0 Å². The van der Waals surface area contributed by atoms with Gasteiger partial charge in [0.2, 0.25) is 0 Å². The van der Waals surface area contributed by atoms with Crippen LogP contribution in [0.4, 0.5) is 13.2 Å². The third-order valence-electron chi connectivity index (χ3n) is 4.18. The molecule has 0 spiro atoms. The highest BCUT2D eigenvalue weighted by molar-refractivity contribution is 5.95. The van der Waals surface area contributed by atoms with Crippen LogP contribution in [0, 0.1) is 13.8 Å². The normalized spacial score (nSPS) is 11.7. The molecule has 0 saturated heterocycles. The fraction of sp³-hybridized carbons (Fsp3) is 0.421. The molecule has 26 heavy (non-hydrogen) atoms. The average Bonchev–Trinajstić information content (AvgIpc) is 2.81. The van der Waals surface area contributed by atoms with Crippen LogP contribution < -0.4 is 4.74 Å². The first kappa shape index (κ1) is 19.9. The van der Waals surface area contributed by atoms with Crippen molar-refractivity contribution in [3.63, 3.8) is 0 Å². The van der Waals surface area contributed by atoms with E-state index in [9.17, 15) is 18.0 Å². The maximum Gasteiger partial charge on any atom is 0.573 e. The summed E-state index contributed by atoms with van der Waals surface area (Å²) in [7, 11) is 1.56. The highest BCUT2D eigenvalue weighted by atomic mass is 19.4. The van der Waals surface area contributed by atoms with Crippen molar-refractivity contribution < 1.29 is 22.7 Å². The summed E-state index contributed by atoms with van der Waals surface area (Å²) in [5.74, 6) is -0.542. The number of benzene rings is 1. The summed E-state index contributed by atoms with van der Waals surface area (Å²) in [6.07, 6.45) is -4.78. The molecule has 0 bridgehead atoms. The lowest BCUT2D eigenvalue weighted by molar-refractivity contribution is -0.275. The standard InChI is InChI=1S/C19H23F3N2O2/c1-12(2)24-13(3)10-16(14(24)4)18(25)23(5)11-15-8-6-7-9-17(15)26-19(20,21)22/h6-10,12H,11H2,1-5H3. The van der Waals surface area contributed by atoms with Gasteiger partial charge in [0.25, 0.3) is 5.91 Å². The van der Waals surface area contributed by atoms with Crippen molar-refractivity contribution in [1.82, 2.24) is 9.47 Å². The van der Waals surface area contributed by atoms with Gasteiger partial charge in [-0.05, 0) is 39.8 Å². The molecule has 1 aromatic carbocycles. The number of para-hydroxylation sites is 1. The van der Waals surface area contributed by atoms with Crippen LogP contribution in [0.5, 0.6) is 5.75 Å². The Morgan fingerprint density at radius 1 is 1.23 bits per heavy atom. The Hall–Kier alpha value is -2.44. The van der Waals surface area contributed by atoms with Gasteiger partial charge < -0.3 is 14.2 Å². The molecule has 0 unspecified atom stereocenters. The molecule has 0 aliphatic rings. The van der Waals surface area contributed by atoms with Gasteiger partial charge in [0.15, 0.2) is 0 Å². The first-order valence-electron chi connectivity index (χ1n) is 8.28. The SMILES string of the molecule is Cc1cc(C(=O)N(C)Cc2ccccc2OC(F)(F)F)c(C)n1C(C)C. The van der Waals surface area contributed by atoms with Gasteiger partial charge in [-0.1, -0.05) is 18.2 Å². The lowest BCUT2D eigenvalue weighted by atomic mass is 10.1. The van der Waals surface area contributed by atoms with Crippen molar-refractivity contribution in [3.8, 4) is 5.75 Å². The largest absolute Gasteiger partial charge is 0.573 e. The minimum Gasteiger partial charge on any atom is -0.405 e. The number of hydrogen-bond donors (Lipinski definition) is 0. The van der Waals surface area contributed by atoms with Crippen LogP contribution in [-0.2, 0) is 6.54 Å². The molecule has 1 heterocycles. The number of rotatable bonds is 5. The van der Waals surface area contributed by atoms with Crippen molar-refractivity contribution in [3.05, 3.63) is 52.8 Å². The zero-order valence-corrected chi connectivity index (χ0v) is 15.5. The molecule has 0 atom stereocenters. The summed E-state index contributed by atoms with van der Waals surface area (Å²) in [5.41, 5.74) is 2.65. The van der Waals surface area contributed by atoms with E-state index in [1.165, 1.54) is 23.1 Å². The van der Waals surface area contributed by atoms with Crippen molar-refractivity contribution in [2.75, 3.05) is 7.05 Å². The smallest absolute Gasteiger partial charge is 0.405 e. The molecule has 142 valence electrons. The number of nitrogens with zero attached hydrogens (tertiary/aromatic N) is 2. The van der Waals surface area contributed by atoms with Gasteiger partial charge in [-0.3, -0.25) is 4.79 Å². The number of hydrogen-bond acceptors (Lipinski definition) is 2. The number of alkyl halides is 3. The van der Waals surface area contributed by atoms with Crippen molar-refractivity contribution >= 4 is 5.91 Å². The van der Waals surface area contributed by atoms with Crippen LogP contribution in [0.1, 0.15) is 47.2 Å². The number of carbonyl (C=O) groups is 1. The lowest BCUT2D eigenvalue weighted by Gasteiger charge is -2.20. The maximum atomic E-state index is 12.8. The van der Waals surface area contributed by atoms with E-state index < -0.39 is 6.36 Å². The van der Waals surface area contributed by atoms with Crippen molar-refractivity contribution in [1.29, 1.82) is 0 Å². The summed E-state index contributed by atoms with van der Waals surface area (Å²) in [4.78, 5) is 14.2. The Bertz CT molecular complexity index is 795. The molecule has 7 heteroatoms. The molecule has 4 nitrogen and oxygen atoms in total. The molecular formula is C19H23F3N2O2. The van der Waals surface area contributed by atoms with Crippen LogP contribution >= 0.6 is 0 Å². The molecule has 0 fully saturated rings. The Morgan fingerprint density at radius 2 is 1.85 bits per heavy atom. The predicted octanol–water partition coefficient (Wildman–Crippen LogP) is 4.86. The van der Waals surface area contributed by atoms with Crippen LogP contribution in [0.15, 0.2) is 30.3 Å². The molecule has 0 saturated carbocycles. The van der Waals surface area contributed by atoms with E-state index in [2.05, 4.69) is 9.30 Å². The first-order valence-corrected chi connectivity index (χ1v) is 8.28. The third-order valence-corrected chi connectivity index (χ3v) is 4.18. The quantitative estimate of drug-likeness (QED) is 0.756. The second kappa shape index (κ2) is 7.43. The van der Waals surface area contributed by atoms with Gasteiger partial charge in [-0.25, -0.2) is 0 Å². The van der Waals surface area contributed by atoms with Crippen LogP contribution in [0.2, 0.25) is 0 Å². The topological polar surface area (TPSA) is 34.5 Å². The molecule has 2 rings (SSSR count). The lowest BCUT2D eigenvalue weighted by Crippen LogP contribution is -2.27. The highest BCUT2D eigenvalue weighted by Crippen LogP contribution is 2.28. The van der Waals surface area contributed by atoms with Gasteiger partial charge in [0.1, 0.15) is 5.75 Å². The Kier molecular flexibility index (Phi) is 5.68. The number of aromatic nitrogens is 1. The van der Waals surface area contributed by atoms with Gasteiger partial charge in [0, 0.05) is 36.6 Å². The fourth-order valence-electron chi connectivity index (χ4n) is 3.18. The van der Waals surface area contributed by atoms with E-state index in [-0.39, 0.29) is 24.2 Å². The van der Waals surface area contributed by atoms with E-state index in [1.807, 2.05) is 33.8 Å². The van der Waals surface area contributed by atoms with Crippen molar-refractivity contribution in [2.45, 2.75) is 46.6 Å². The molecule has 0 N–H and O–H groups in total. The molecule has 0 radical (unpaired) electrons. The van der Waals surface area contributed by atoms with E-state index in [0.717, 1.165) is 11.4 Å². The number of aryl methyl sites for hydroxylation is 1. The maximum absolute atomic E-state index is 12.8. The number of amides is 1. The fourth-order valence-corrected chi connectivity index (χ4v) is 3.18. The van der Waals surface area contributed by atoms with Crippen molar-refractivity contribution in [2.24, 2.45) is 0 Å². The van der Waals surface area contributed by atoms with Gasteiger partial charge in [-0.15, -0.1) is 13.2 Å². The van der Waals surface area contributed by atoms with Gasteiger partial charge >= 0.3 is 6.36 Å². The van der Waals surface area contributed by atoms with Crippen LogP contribution in [0.3, 0.4) is 0 Å². The van der Waals surface area contributed by atoms with E-state index in [1.54, 1.807) is 13.1 Å². The predicted molar refractivity (Wildman–Crippen MR) is 93.2 cm³/mol. The van der Waals surface area contributed by atoms with E-state index in [4.69, 9.17) is 0 Å². The van der Waals surface area contributed by atoms with Crippen LogP contribution in [0.25, 0.3) is 0 Å². The minimum atomic E-state index is -4.78. The summed E-state index contributed by atoms with van der Waals surface area (Å²) >= 11 is 0. The van der Waals surface area contributed by atoms with Gasteiger partial charge in [-0.2, -0.15) is 0 Å². The molecule has 2 aromatic rings. The number of ether oxygens (including phenoxy) is 1. The summed E-state index contributed by atoms with van der Waals surface area (Å²) in [6, 6.07) is 7.85. The molecule has 0 aliphatic heterocycles. The third kappa shape index (κ3) is 4.39. The summed E-state index contributed by atoms with van der Waals surface area (Å²) in [6.45, 7) is 7.87. The molecule has 0 aliphatic carbocycles. The number of carbonyl (C=O) groups excluding carboxylic acids is 1. The second-order valence-electron chi connectivity index (χ2n) is 6.57. The minimum absolute atomic E-state index is 0.0104. The highest BCUT2D eigenvalue weighted by Gasteiger charge is 2.32. The Balaban J connectivity index is 2.25. The van der Waals surface area contributed by atoms with E-state index in [0.29, 0.717) is 11.1 Å². The molecule has 1 amide bonds. The number of halogens is 3. The second-order valence-corrected chi connectivity index (χ2v) is 6.57. The first-order chi connectivity index (χ1) is 12.0. The summed E-state index contributed by atoms with van der Waals surface area (Å²) in [5, 5.41) is 0. The Morgan fingerprint density at radius 3 is 2.38 bits per heavy atom. The average molecular weight is 368 g/mol. The zero-order chi connectivity index (χ0) is 19.6.